The van der Waals surface area contributed by atoms with E-state index in [9.17, 15) is 14.4 Å². The summed E-state index contributed by atoms with van der Waals surface area (Å²) in [5.41, 5.74) is 6.16. The summed E-state index contributed by atoms with van der Waals surface area (Å²) >= 11 is 0. The number of hydrogen-bond donors (Lipinski definition) is 0. The molecule has 18 aromatic carbocycles. The van der Waals surface area contributed by atoms with Crippen LogP contribution in [0.15, 0.2) is 582 Å². The Morgan fingerprint density at radius 3 is 0.278 bits per heavy atom. The molecule has 0 saturated heterocycles. The number of ketones is 3. The number of allylic oxidation sites excluding steroid dienone is 6. The summed E-state index contributed by atoms with van der Waals surface area (Å²) in [5, 5.41) is 16.8. The van der Waals surface area contributed by atoms with E-state index in [0.29, 0.717) is 0 Å². The second-order valence-electron chi connectivity index (χ2n) is 29.0. The van der Waals surface area contributed by atoms with E-state index in [-0.39, 0.29) is 78.6 Å². The molecule has 10 heteroatoms. The van der Waals surface area contributed by atoms with E-state index < -0.39 is 31.7 Å². The quantitative estimate of drug-likeness (QED) is 0.0344. The molecule has 0 aliphatic heterocycles. The SMILES string of the molecule is O=C(C=Cc1ccccc1)C=Cc1ccccc1.O=C(C=Cc1ccccc1)C=Cc1ccccc1.O=C(C=Cc1ccccc1)C=Cc1ccccc1.[Pd].[Pd].[Pd].c1ccc(P(c2ccccc2)c2ccccc2)cc1.c1ccc(P(c2ccccc2)c2ccccc2)cc1.c1ccc(P(c2ccccc2)c2ccccc2)cc1.c1ccc(P(c2ccccc2)c2ccccc2)cc1. The van der Waals surface area contributed by atoms with Gasteiger partial charge in [-0.15, -0.1) is 0 Å². The van der Waals surface area contributed by atoms with Crippen molar-refractivity contribution in [2.75, 3.05) is 0 Å². The molecular formula is C123H102O3P4Pd3. The molecule has 0 bridgehead atoms. The van der Waals surface area contributed by atoms with E-state index in [4.69, 9.17) is 0 Å². The van der Waals surface area contributed by atoms with Crippen molar-refractivity contribution in [3.63, 3.8) is 0 Å². The Labute approximate surface area is 833 Å². The number of carbonyl (C=O) groups excluding carboxylic acids is 3. The van der Waals surface area contributed by atoms with Crippen molar-refractivity contribution in [3.05, 3.63) is 616 Å². The molecule has 133 heavy (non-hydrogen) atoms. The topological polar surface area (TPSA) is 51.2 Å². The van der Waals surface area contributed by atoms with Crippen LogP contribution >= 0.6 is 31.7 Å². The van der Waals surface area contributed by atoms with Crippen LogP contribution in [0, 0.1) is 0 Å². The maximum atomic E-state index is 11.6. The fourth-order valence-electron chi connectivity index (χ4n) is 13.3. The smallest absolute Gasteiger partial charge is 0.178 e. The molecule has 0 fully saturated rings. The first-order valence-electron chi connectivity index (χ1n) is 43.2. The van der Waals surface area contributed by atoms with Crippen LogP contribution in [0.2, 0.25) is 0 Å². The van der Waals surface area contributed by atoms with E-state index in [1.54, 1.807) is 36.5 Å². The predicted molar refractivity (Wildman–Crippen MR) is 568 cm³/mol. The molecule has 662 valence electrons. The summed E-state index contributed by atoms with van der Waals surface area (Å²) < 4.78 is 0. The molecule has 0 aromatic heterocycles. The van der Waals surface area contributed by atoms with Gasteiger partial charge in [0.15, 0.2) is 17.3 Å². The molecule has 0 atom stereocenters. The molecule has 0 N–H and O–H groups in total. The van der Waals surface area contributed by atoms with E-state index in [2.05, 4.69) is 364 Å². The maximum Gasteiger partial charge on any atom is 0.178 e. The predicted octanol–water partition coefficient (Wildman–Crippen LogP) is 25.7. The van der Waals surface area contributed by atoms with E-state index in [1.165, 1.54) is 63.7 Å². The van der Waals surface area contributed by atoms with Crippen LogP contribution in [0.25, 0.3) is 36.5 Å². The Balaban J connectivity index is 0.000000174. The van der Waals surface area contributed by atoms with Crippen molar-refractivity contribution in [1.29, 1.82) is 0 Å². The average Bonchev–Trinajstić information content (AvgIpc) is 0.832. The van der Waals surface area contributed by atoms with Gasteiger partial charge in [-0.3, -0.25) is 14.4 Å². The van der Waals surface area contributed by atoms with Crippen molar-refractivity contribution in [2.24, 2.45) is 0 Å². The van der Waals surface area contributed by atoms with Crippen LogP contribution in [0.5, 0.6) is 0 Å². The number of carbonyl (C=O) groups is 3. The molecule has 0 aliphatic carbocycles. The average molecular weight is 2070 g/mol. The van der Waals surface area contributed by atoms with Crippen LogP contribution in [0.4, 0.5) is 0 Å². The van der Waals surface area contributed by atoms with E-state index in [0.717, 1.165) is 33.4 Å². The van der Waals surface area contributed by atoms with E-state index >= 15 is 0 Å². The summed E-state index contributed by atoms with van der Waals surface area (Å²) in [5.74, 6) is -0.0341. The Hall–Kier alpha value is -12.9. The zero-order valence-corrected chi connectivity index (χ0v) is 81.6. The molecule has 0 saturated carbocycles. The summed E-state index contributed by atoms with van der Waals surface area (Å²) in [6.07, 6.45) is 20.4. The van der Waals surface area contributed by atoms with Gasteiger partial charge >= 0.3 is 0 Å². The number of benzene rings is 18. The Morgan fingerprint density at radius 2 is 0.195 bits per heavy atom. The Morgan fingerprint density at radius 1 is 0.120 bits per heavy atom. The van der Waals surface area contributed by atoms with Crippen LogP contribution in [-0.2, 0) is 75.7 Å². The molecular weight excluding hydrogens is 1970 g/mol. The molecule has 18 aromatic rings. The van der Waals surface area contributed by atoms with Gasteiger partial charge in [-0.1, -0.05) is 582 Å². The van der Waals surface area contributed by atoms with Crippen molar-refractivity contribution < 1.29 is 75.7 Å². The minimum atomic E-state index is -0.446. The molecule has 3 nitrogen and oxygen atoms in total. The Kier molecular flexibility index (Phi) is 48.2. The summed E-state index contributed by atoms with van der Waals surface area (Å²) in [7, 11) is -1.78. The standard InChI is InChI=1S/4C18H15P.3C17H14O.3Pd/c4*1-4-10-16(11-5-1)19(17-12-6-2-7-13-17)18-14-8-3-9-15-18;3*18-17(13-11-15-7-3-1-4-8-15)14-12-16-9-5-2-6-10-16;;;/h4*1-15H;3*1-14H;;;. The molecule has 18 rings (SSSR count). The number of hydrogen-bond acceptors (Lipinski definition) is 3. The van der Waals surface area contributed by atoms with Gasteiger partial charge in [-0.05, 0) is 165 Å². The van der Waals surface area contributed by atoms with Gasteiger partial charge in [0.2, 0.25) is 0 Å². The van der Waals surface area contributed by atoms with Crippen LogP contribution in [0.1, 0.15) is 33.4 Å². The maximum absolute atomic E-state index is 11.6. The first-order valence-corrected chi connectivity index (χ1v) is 48.5. The second kappa shape index (κ2) is 61.7. The van der Waals surface area contributed by atoms with E-state index in [1.807, 2.05) is 218 Å². The number of rotatable bonds is 24. The summed E-state index contributed by atoms with van der Waals surface area (Å²) in [6.45, 7) is 0. The molecule has 0 radical (unpaired) electrons. The minimum Gasteiger partial charge on any atom is -0.290 e. The van der Waals surface area contributed by atoms with Gasteiger partial charge < -0.3 is 0 Å². The third kappa shape index (κ3) is 37.4. The van der Waals surface area contributed by atoms with Crippen molar-refractivity contribution in [2.45, 2.75) is 0 Å². The monoisotopic (exact) mass is 2070 g/mol. The third-order valence-electron chi connectivity index (χ3n) is 19.6. The van der Waals surface area contributed by atoms with Crippen LogP contribution < -0.4 is 63.7 Å². The fourth-order valence-corrected chi connectivity index (χ4v) is 22.6. The first-order chi connectivity index (χ1) is 64.3. The molecule has 0 unspecified atom stereocenters. The van der Waals surface area contributed by atoms with Gasteiger partial charge in [0, 0.05) is 61.3 Å². The van der Waals surface area contributed by atoms with Crippen molar-refractivity contribution in [1.82, 2.24) is 0 Å². The zero-order chi connectivity index (χ0) is 89.6. The zero-order valence-electron chi connectivity index (χ0n) is 73.4. The normalized spacial score (nSPS) is 10.6. The largest absolute Gasteiger partial charge is 0.290 e. The van der Waals surface area contributed by atoms with Gasteiger partial charge in [0.1, 0.15) is 0 Å². The summed E-state index contributed by atoms with van der Waals surface area (Å²) in [6, 6.07) is 188. The Bertz CT molecular complexity index is 5120. The molecule has 0 aliphatic rings. The fraction of sp³-hybridized carbons (Fsp3) is 0. The minimum absolute atomic E-state index is 0. The molecule has 0 spiro atoms. The van der Waals surface area contributed by atoms with Gasteiger partial charge in [-0.25, -0.2) is 0 Å². The second-order valence-corrected chi connectivity index (χ2v) is 37.9. The van der Waals surface area contributed by atoms with Crippen molar-refractivity contribution in [3.8, 4) is 0 Å². The van der Waals surface area contributed by atoms with Crippen LogP contribution in [-0.4, -0.2) is 17.3 Å². The third-order valence-corrected chi connectivity index (χ3v) is 29.4. The van der Waals surface area contributed by atoms with Crippen LogP contribution in [0.3, 0.4) is 0 Å². The van der Waals surface area contributed by atoms with Crippen molar-refractivity contribution >= 4 is 149 Å². The van der Waals surface area contributed by atoms with Gasteiger partial charge in [0.25, 0.3) is 0 Å². The summed E-state index contributed by atoms with van der Waals surface area (Å²) in [4.78, 5) is 34.8. The first kappa shape index (κ1) is 104. The molecule has 0 heterocycles. The van der Waals surface area contributed by atoms with Gasteiger partial charge in [-0.2, -0.15) is 0 Å². The van der Waals surface area contributed by atoms with Gasteiger partial charge in [0.05, 0.1) is 0 Å². The molecule has 0 amide bonds.